The van der Waals surface area contributed by atoms with E-state index >= 15 is 0 Å². The Morgan fingerprint density at radius 2 is 1.82 bits per heavy atom. The molecule has 33 heavy (non-hydrogen) atoms. The second kappa shape index (κ2) is 9.47. The van der Waals surface area contributed by atoms with Crippen molar-refractivity contribution >= 4 is 63.8 Å². The summed E-state index contributed by atoms with van der Waals surface area (Å²) in [5.41, 5.74) is 3.12. The molecule has 2 aromatic carbocycles. The van der Waals surface area contributed by atoms with Gasteiger partial charge in [-0.25, -0.2) is 0 Å². The van der Waals surface area contributed by atoms with Gasteiger partial charge in [-0.05, 0) is 67.1 Å². The molecule has 3 amide bonds. The van der Waals surface area contributed by atoms with E-state index in [2.05, 4.69) is 5.32 Å². The number of hydrogen-bond acceptors (Lipinski definition) is 5. The number of carbonyl (C=O) groups excluding carboxylic acids is 3. The van der Waals surface area contributed by atoms with E-state index in [1.54, 1.807) is 30.3 Å². The minimum Gasteiger partial charge on any atom is -0.457 e. The van der Waals surface area contributed by atoms with E-state index in [4.69, 9.17) is 27.6 Å². The van der Waals surface area contributed by atoms with Crippen LogP contribution in [0.5, 0.6) is 0 Å². The van der Waals surface area contributed by atoms with Gasteiger partial charge in [0.2, 0.25) is 5.91 Å². The van der Waals surface area contributed by atoms with Crippen molar-refractivity contribution in [3.8, 4) is 11.3 Å². The molecule has 0 atom stereocenters. The molecule has 0 unspecified atom stereocenters. The van der Waals surface area contributed by atoms with E-state index in [1.807, 2.05) is 32.0 Å². The SMILES string of the molecule is Cc1cccc(C)c1NC(=O)CN1C(=O)S/C(=C/c2ccc(-c3ccc(Cl)cc3Cl)o2)C1=O. The third-order valence-corrected chi connectivity index (χ3v) is 6.47. The van der Waals surface area contributed by atoms with Crippen molar-refractivity contribution in [2.24, 2.45) is 0 Å². The summed E-state index contributed by atoms with van der Waals surface area (Å²) in [6.45, 7) is 3.38. The van der Waals surface area contributed by atoms with E-state index in [9.17, 15) is 14.4 Å². The summed E-state index contributed by atoms with van der Waals surface area (Å²) in [6, 6.07) is 14.1. The van der Waals surface area contributed by atoms with Crippen molar-refractivity contribution in [1.29, 1.82) is 0 Å². The zero-order chi connectivity index (χ0) is 23.7. The number of rotatable bonds is 5. The summed E-state index contributed by atoms with van der Waals surface area (Å²) in [6.07, 6.45) is 1.47. The average molecular weight is 501 g/mol. The summed E-state index contributed by atoms with van der Waals surface area (Å²) in [4.78, 5) is 38.8. The first-order chi connectivity index (χ1) is 15.7. The zero-order valence-electron chi connectivity index (χ0n) is 17.6. The van der Waals surface area contributed by atoms with Gasteiger partial charge in [0.15, 0.2) is 0 Å². The number of carbonyl (C=O) groups is 3. The molecule has 1 fully saturated rings. The van der Waals surface area contributed by atoms with Crippen LogP contribution in [-0.4, -0.2) is 28.5 Å². The maximum absolute atomic E-state index is 12.8. The third kappa shape index (κ3) is 5.00. The molecule has 0 spiro atoms. The van der Waals surface area contributed by atoms with Crippen LogP contribution in [0.4, 0.5) is 10.5 Å². The van der Waals surface area contributed by atoms with Gasteiger partial charge < -0.3 is 9.73 Å². The molecular formula is C24H18Cl2N2O4S. The van der Waals surface area contributed by atoms with Crippen LogP contribution in [0.2, 0.25) is 10.0 Å². The summed E-state index contributed by atoms with van der Waals surface area (Å²) in [5.74, 6) is -0.130. The zero-order valence-corrected chi connectivity index (χ0v) is 20.0. The lowest BCUT2D eigenvalue weighted by Gasteiger charge is -2.15. The number of aryl methyl sites for hydroxylation is 2. The molecule has 1 aliphatic rings. The fourth-order valence-electron chi connectivity index (χ4n) is 3.36. The number of benzene rings is 2. The van der Waals surface area contributed by atoms with Crippen LogP contribution < -0.4 is 5.32 Å². The lowest BCUT2D eigenvalue weighted by atomic mass is 10.1. The topological polar surface area (TPSA) is 79.6 Å². The number of para-hydroxylation sites is 1. The van der Waals surface area contributed by atoms with Crippen LogP contribution >= 0.6 is 35.0 Å². The molecule has 168 valence electrons. The number of halogens is 2. The van der Waals surface area contributed by atoms with Gasteiger partial charge in [0, 0.05) is 22.3 Å². The highest BCUT2D eigenvalue weighted by Crippen LogP contribution is 2.35. The van der Waals surface area contributed by atoms with Crippen LogP contribution in [0.15, 0.2) is 57.9 Å². The second-order valence-corrected chi connectivity index (χ2v) is 9.25. The number of anilines is 1. The number of amides is 3. The lowest BCUT2D eigenvalue weighted by Crippen LogP contribution is -2.36. The van der Waals surface area contributed by atoms with Crippen molar-refractivity contribution in [2.75, 3.05) is 11.9 Å². The fourth-order valence-corrected chi connectivity index (χ4v) is 4.68. The molecule has 0 bridgehead atoms. The van der Waals surface area contributed by atoms with Crippen LogP contribution in [0.3, 0.4) is 0 Å². The van der Waals surface area contributed by atoms with Crippen molar-refractivity contribution in [2.45, 2.75) is 13.8 Å². The molecule has 1 saturated heterocycles. The third-order valence-electron chi connectivity index (χ3n) is 5.02. The summed E-state index contributed by atoms with van der Waals surface area (Å²) in [5, 5.41) is 3.20. The van der Waals surface area contributed by atoms with Crippen molar-refractivity contribution < 1.29 is 18.8 Å². The predicted molar refractivity (Wildman–Crippen MR) is 131 cm³/mol. The van der Waals surface area contributed by atoms with E-state index < -0.39 is 17.1 Å². The molecule has 0 radical (unpaired) electrons. The van der Waals surface area contributed by atoms with Gasteiger partial charge >= 0.3 is 0 Å². The Morgan fingerprint density at radius 3 is 2.52 bits per heavy atom. The molecule has 0 aliphatic carbocycles. The standard InChI is InChI=1S/C24H18Cl2N2O4S/c1-13-4-3-5-14(2)22(13)27-21(29)12-28-23(30)20(33-24(28)31)11-16-7-9-19(32-16)17-8-6-15(25)10-18(17)26/h3-11H,12H2,1-2H3,(H,27,29)/b20-11+. The summed E-state index contributed by atoms with van der Waals surface area (Å²) in [7, 11) is 0. The molecule has 2 heterocycles. The lowest BCUT2D eigenvalue weighted by molar-refractivity contribution is -0.127. The van der Waals surface area contributed by atoms with Crippen LogP contribution in [-0.2, 0) is 9.59 Å². The maximum atomic E-state index is 12.8. The highest BCUT2D eigenvalue weighted by Gasteiger charge is 2.36. The Morgan fingerprint density at radius 1 is 1.09 bits per heavy atom. The first-order valence-electron chi connectivity index (χ1n) is 9.89. The van der Waals surface area contributed by atoms with E-state index in [0.29, 0.717) is 32.8 Å². The first kappa shape index (κ1) is 23.2. The molecule has 1 aromatic heterocycles. The average Bonchev–Trinajstić information content (AvgIpc) is 3.31. The normalized spacial score (nSPS) is 14.9. The second-order valence-electron chi connectivity index (χ2n) is 7.41. The number of hydrogen-bond donors (Lipinski definition) is 1. The quantitative estimate of drug-likeness (QED) is 0.402. The van der Waals surface area contributed by atoms with Crippen LogP contribution in [0.25, 0.3) is 17.4 Å². The molecule has 1 N–H and O–H groups in total. The number of imide groups is 1. The number of furan rings is 1. The van der Waals surface area contributed by atoms with Gasteiger partial charge in [0.25, 0.3) is 11.1 Å². The fraction of sp³-hybridized carbons (Fsp3) is 0.125. The smallest absolute Gasteiger partial charge is 0.294 e. The van der Waals surface area contributed by atoms with Gasteiger partial charge in [-0.1, -0.05) is 41.4 Å². The highest BCUT2D eigenvalue weighted by atomic mass is 35.5. The number of nitrogens with zero attached hydrogens (tertiary/aromatic N) is 1. The Hall–Kier alpha value is -3.00. The Balaban J connectivity index is 1.48. The van der Waals surface area contributed by atoms with Crippen molar-refractivity contribution in [3.63, 3.8) is 0 Å². The largest absolute Gasteiger partial charge is 0.457 e. The summed E-state index contributed by atoms with van der Waals surface area (Å²) >= 11 is 12.9. The van der Waals surface area contributed by atoms with Gasteiger partial charge in [0.05, 0.1) is 9.93 Å². The van der Waals surface area contributed by atoms with Gasteiger partial charge in [-0.2, -0.15) is 0 Å². The van der Waals surface area contributed by atoms with Gasteiger partial charge in [-0.3, -0.25) is 19.3 Å². The minimum atomic E-state index is -0.552. The number of nitrogens with one attached hydrogen (secondary N) is 1. The molecule has 1 aliphatic heterocycles. The molecule has 3 aromatic rings. The minimum absolute atomic E-state index is 0.169. The Labute approximate surface area is 204 Å². The molecule has 6 nitrogen and oxygen atoms in total. The van der Waals surface area contributed by atoms with Crippen molar-refractivity contribution in [3.05, 3.63) is 80.4 Å². The van der Waals surface area contributed by atoms with Gasteiger partial charge in [0.1, 0.15) is 18.1 Å². The Kier molecular flexibility index (Phi) is 6.65. The molecule has 9 heteroatoms. The molecule has 0 saturated carbocycles. The number of thioether (sulfide) groups is 1. The summed E-state index contributed by atoms with van der Waals surface area (Å²) < 4.78 is 5.78. The predicted octanol–water partition coefficient (Wildman–Crippen LogP) is 6.55. The maximum Gasteiger partial charge on any atom is 0.294 e. The van der Waals surface area contributed by atoms with Crippen molar-refractivity contribution in [1.82, 2.24) is 4.90 Å². The van der Waals surface area contributed by atoms with E-state index in [-0.39, 0.29) is 11.4 Å². The van der Waals surface area contributed by atoms with E-state index in [0.717, 1.165) is 27.8 Å². The van der Waals surface area contributed by atoms with E-state index in [1.165, 1.54) is 6.08 Å². The Bertz CT molecular complexity index is 1300. The highest BCUT2D eigenvalue weighted by molar-refractivity contribution is 8.18. The van der Waals surface area contributed by atoms with Gasteiger partial charge in [-0.15, -0.1) is 0 Å². The van der Waals surface area contributed by atoms with Crippen LogP contribution in [0, 0.1) is 13.8 Å². The van der Waals surface area contributed by atoms with Crippen LogP contribution in [0.1, 0.15) is 16.9 Å². The monoisotopic (exact) mass is 500 g/mol. The molecular weight excluding hydrogens is 483 g/mol. The molecule has 4 rings (SSSR count). The first-order valence-corrected chi connectivity index (χ1v) is 11.5.